The molecule has 0 bridgehead atoms. The van der Waals surface area contributed by atoms with Crippen LogP contribution in [-0.4, -0.2) is 43.1 Å². The number of carbonyl (C=O) groups is 3. The number of para-hydroxylation sites is 1. The summed E-state index contributed by atoms with van der Waals surface area (Å²) in [6.45, 7) is 0. The van der Waals surface area contributed by atoms with Gasteiger partial charge in [0.15, 0.2) is 0 Å². The largest absolute Gasteiger partial charge is 0.469 e. The molecule has 0 unspecified atom stereocenters. The number of fused-ring (bicyclic) bond motifs is 1. The number of rotatable bonds is 5. The number of amides is 1. The molecule has 2 rings (SSSR count). The van der Waals surface area contributed by atoms with Gasteiger partial charge in [0.25, 0.3) is 5.91 Å². The molecule has 120 valence electrons. The molecule has 0 fully saturated rings. The third-order valence-electron chi connectivity index (χ3n) is 3.27. The van der Waals surface area contributed by atoms with Crippen LogP contribution in [0.15, 0.2) is 36.5 Å². The summed E-state index contributed by atoms with van der Waals surface area (Å²) < 4.78 is 9.13. The molecule has 1 aromatic carbocycles. The van der Waals surface area contributed by atoms with Crippen LogP contribution in [0.3, 0.4) is 0 Å². The third kappa shape index (κ3) is 3.82. The fourth-order valence-corrected chi connectivity index (χ4v) is 2.11. The van der Waals surface area contributed by atoms with Gasteiger partial charge in [-0.15, -0.1) is 0 Å². The molecule has 0 spiro atoms. The Morgan fingerprint density at radius 1 is 1.13 bits per heavy atom. The van der Waals surface area contributed by atoms with Gasteiger partial charge >= 0.3 is 11.9 Å². The summed E-state index contributed by atoms with van der Waals surface area (Å²) in [5.41, 5.74) is 0.816. The Hall–Kier alpha value is -2.96. The molecule has 23 heavy (non-hydrogen) atoms. The van der Waals surface area contributed by atoms with Crippen LogP contribution in [0.5, 0.6) is 0 Å². The van der Waals surface area contributed by atoms with E-state index in [0.29, 0.717) is 11.1 Å². The fourth-order valence-electron chi connectivity index (χ4n) is 2.11. The summed E-state index contributed by atoms with van der Waals surface area (Å²) in [7, 11) is 2.38. The first-order valence-corrected chi connectivity index (χ1v) is 6.86. The Bertz CT molecular complexity index is 739. The van der Waals surface area contributed by atoms with Crippen LogP contribution in [0, 0.1) is 0 Å². The number of hydrogen-bond donors (Lipinski definition) is 1. The molecule has 0 saturated heterocycles. The van der Waals surface area contributed by atoms with Gasteiger partial charge < -0.3 is 14.8 Å². The van der Waals surface area contributed by atoms with E-state index < -0.39 is 23.9 Å². The Kier molecular flexibility index (Phi) is 5.24. The average Bonchev–Trinajstić information content (AvgIpc) is 2.59. The van der Waals surface area contributed by atoms with E-state index in [0.717, 1.165) is 5.39 Å². The molecule has 0 aliphatic heterocycles. The maximum atomic E-state index is 12.4. The van der Waals surface area contributed by atoms with Crippen molar-refractivity contribution in [1.29, 1.82) is 0 Å². The van der Waals surface area contributed by atoms with Crippen LogP contribution in [0.25, 0.3) is 10.9 Å². The molecule has 7 nitrogen and oxygen atoms in total. The van der Waals surface area contributed by atoms with Crippen molar-refractivity contribution >= 4 is 28.7 Å². The molecule has 1 N–H and O–H groups in total. The lowest BCUT2D eigenvalue weighted by atomic mass is 10.1. The zero-order valence-electron chi connectivity index (χ0n) is 12.7. The van der Waals surface area contributed by atoms with Crippen molar-refractivity contribution in [3.8, 4) is 0 Å². The van der Waals surface area contributed by atoms with Crippen LogP contribution in [0.2, 0.25) is 0 Å². The maximum absolute atomic E-state index is 12.4. The van der Waals surface area contributed by atoms with Crippen LogP contribution < -0.4 is 5.32 Å². The summed E-state index contributed by atoms with van der Waals surface area (Å²) in [4.78, 5) is 39.7. The summed E-state index contributed by atoms with van der Waals surface area (Å²) in [5, 5.41) is 3.28. The zero-order chi connectivity index (χ0) is 16.8. The minimum Gasteiger partial charge on any atom is -0.469 e. The third-order valence-corrected chi connectivity index (χ3v) is 3.27. The average molecular weight is 316 g/mol. The Morgan fingerprint density at radius 3 is 2.57 bits per heavy atom. The summed E-state index contributed by atoms with van der Waals surface area (Å²) in [5.74, 6) is -1.87. The lowest BCUT2D eigenvalue weighted by Gasteiger charge is -2.15. The molecule has 1 aromatic heterocycles. The standard InChI is InChI=1S/C16H16N2O5/c1-22-13(19)9-12(16(21)23-2)18-15(20)11-7-3-5-10-6-4-8-17-14(10)11/h3-8,12H,9H2,1-2H3,(H,18,20)/t12-/m0/s1. The molecule has 0 saturated carbocycles. The van der Waals surface area contributed by atoms with E-state index in [4.69, 9.17) is 0 Å². The summed E-state index contributed by atoms with van der Waals surface area (Å²) in [6.07, 6.45) is 1.26. The number of aromatic nitrogens is 1. The molecule has 0 aliphatic rings. The van der Waals surface area contributed by atoms with Crippen LogP contribution in [-0.2, 0) is 19.1 Å². The minimum atomic E-state index is -1.13. The Morgan fingerprint density at radius 2 is 1.87 bits per heavy atom. The monoisotopic (exact) mass is 316 g/mol. The molecule has 1 atom stereocenters. The highest BCUT2D eigenvalue weighted by Crippen LogP contribution is 2.16. The molecular formula is C16H16N2O5. The second kappa shape index (κ2) is 7.35. The second-order valence-electron chi connectivity index (χ2n) is 4.71. The molecule has 2 aromatic rings. The highest BCUT2D eigenvalue weighted by molar-refractivity contribution is 6.06. The van der Waals surface area contributed by atoms with Crippen molar-refractivity contribution in [3.63, 3.8) is 0 Å². The molecular weight excluding hydrogens is 300 g/mol. The highest BCUT2D eigenvalue weighted by Gasteiger charge is 2.26. The number of ether oxygens (including phenoxy) is 2. The van der Waals surface area contributed by atoms with Crippen molar-refractivity contribution in [2.24, 2.45) is 0 Å². The first-order valence-electron chi connectivity index (χ1n) is 6.86. The number of carbonyl (C=O) groups excluding carboxylic acids is 3. The Balaban J connectivity index is 2.26. The van der Waals surface area contributed by atoms with Gasteiger partial charge in [-0.3, -0.25) is 14.6 Å². The molecule has 1 amide bonds. The van der Waals surface area contributed by atoms with E-state index >= 15 is 0 Å². The van der Waals surface area contributed by atoms with Gasteiger partial charge in [0.05, 0.1) is 31.7 Å². The molecule has 0 aliphatic carbocycles. The van der Waals surface area contributed by atoms with Crippen molar-refractivity contribution in [2.45, 2.75) is 12.5 Å². The predicted molar refractivity (Wildman–Crippen MR) is 81.6 cm³/mol. The number of benzene rings is 1. The van der Waals surface area contributed by atoms with Crippen LogP contribution in [0.4, 0.5) is 0 Å². The second-order valence-corrected chi connectivity index (χ2v) is 4.71. The van der Waals surface area contributed by atoms with E-state index in [-0.39, 0.29) is 6.42 Å². The quantitative estimate of drug-likeness (QED) is 0.829. The highest BCUT2D eigenvalue weighted by atomic mass is 16.5. The lowest BCUT2D eigenvalue weighted by molar-refractivity contribution is -0.149. The van der Waals surface area contributed by atoms with Crippen molar-refractivity contribution in [3.05, 3.63) is 42.1 Å². The molecule has 0 radical (unpaired) electrons. The van der Waals surface area contributed by atoms with E-state index in [1.54, 1.807) is 24.4 Å². The van der Waals surface area contributed by atoms with Crippen LogP contribution in [0.1, 0.15) is 16.8 Å². The first-order chi connectivity index (χ1) is 11.1. The number of nitrogens with zero attached hydrogens (tertiary/aromatic N) is 1. The topological polar surface area (TPSA) is 94.6 Å². The number of hydrogen-bond acceptors (Lipinski definition) is 6. The van der Waals surface area contributed by atoms with E-state index in [1.165, 1.54) is 14.2 Å². The van der Waals surface area contributed by atoms with Gasteiger partial charge in [0.2, 0.25) is 0 Å². The molecule has 1 heterocycles. The van der Waals surface area contributed by atoms with Gasteiger partial charge in [-0.2, -0.15) is 0 Å². The number of nitrogens with one attached hydrogen (secondary N) is 1. The summed E-state index contributed by atoms with van der Waals surface area (Å²) in [6, 6.07) is 7.59. The van der Waals surface area contributed by atoms with Crippen molar-refractivity contribution < 1.29 is 23.9 Å². The number of pyridine rings is 1. The van der Waals surface area contributed by atoms with E-state index in [9.17, 15) is 14.4 Å². The first kappa shape index (κ1) is 16.4. The van der Waals surface area contributed by atoms with Gasteiger partial charge in [0, 0.05) is 11.6 Å². The van der Waals surface area contributed by atoms with E-state index in [1.807, 2.05) is 12.1 Å². The van der Waals surface area contributed by atoms with Crippen molar-refractivity contribution in [1.82, 2.24) is 10.3 Å². The lowest BCUT2D eigenvalue weighted by Crippen LogP contribution is -2.43. The predicted octanol–water partition coefficient (Wildman–Crippen LogP) is 1.07. The molecule has 7 heteroatoms. The Labute approximate surface area is 132 Å². The van der Waals surface area contributed by atoms with Crippen molar-refractivity contribution in [2.75, 3.05) is 14.2 Å². The van der Waals surface area contributed by atoms with Gasteiger partial charge in [-0.05, 0) is 12.1 Å². The van der Waals surface area contributed by atoms with Gasteiger partial charge in [0.1, 0.15) is 6.04 Å². The number of esters is 2. The zero-order valence-corrected chi connectivity index (χ0v) is 12.7. The SMILES string of the molecule is COC(=O)C[C@H](NC(=O)c1cccc2cccnc12)C(=O)OC. The maximum Gasteiger partial charge on any atom is 0.328 e. The van der Waals surface area contributed by atoms with Gasteiger partial charge in [-0.1, -0.05) is 18.2 Å². The summed E-state index contributed by atoms with van der Waals surface area (Å²) >= 11 is 0. The van der Waals surface area contributed by atoms with E-state index in [2.05, 4.69) is 19.8 Å². The minimum absolute atomic E-state index is 0.307. The van der Waals surface area contributed by atoms with Crippen LogP contribution >= 0.6 is 0 Å². The normalized spacial score (nSPS) is 11.6. The van der Waals surface area contributed by atoms with Gasteiger partial charge in [-0.25, -0.2) is 4.79 Å². The fraction of sp³-hybridized carbons (Fsp3) is 0.250. The number of methoxy groups -OCH3 is 2. The smallest absolute Gasteiger partial charge is 0.328 e.